The highest BCUT2D eigenvalue weighted by Crippen LogP contribution is 2.22. The number of aromatic nitrogens is 2. The van der Waals surface area contributed by atoms with Gasteiger partial charge in [0.25, 0.3) is 0 Å². The molecule has 0 unspecified atom stereocenters. The minimum absolute atomic E-state index is 0.0693. The second kappa shape index (κ2) is 5.14. The Bertz CT molecular complexity index is 659. The molecule has 0 radical (unpaired) electrons. The molecular weight excluding hydrogens is 250 g/mol. The van der Waals surface area contributed by atoms with E-state index >= 15 is 0 Å². The molecule has 8 heteroatoms. The van der Waals surface area contributed by atoms with Gasteiger partial charge in [0.2, 0.25) is 11.7 Å². The molecule has 0 amide bonds. The summed E-state index contributed by atoms with van der Waals surface area (Å²) in [6.45, 7) is 1.92. The summed E-state index contributed by atoms with van der Waals surface area (Å²) in [5, 5.41) is 22.3. The number of nitrogens with one attached hydrogen (secondary N) is 1. The number of nitrogens with zero attached hydrogens (tertiary/aromatic N) is 4. The van der Waals surface area contributed by atoms with Crippen LogP contribution in [0.2, 0.25) is 0 Å². The van der Waals surface area contributed by atoms with E-state index in [0.717, 1.165) is 6.07 Å². The maximum absolute atomic E-state index is 10.9. The van der Waals surface area contributed by atoms with E-state index in [0.29, 0.717) is 11.7 Å². The Kier molecular flexibility index (Phi) is 3.38. The zero-order valence-corrected chi connectivity index (χ0v) is 9.95. The van der Waals surface area contributed by atoms with Gasteiger partial charge in [0.15, 0.2) is 0 Å². The largest absolute Gasteiger partial charge is 0.444 e. The lowest BCUT2D eigenvalue weighted by atomic mass is 10.3. The van der Waals surface area contributed by atoms with Crippen LogP contribution in [-0.4, -0.2) is 14.9 Å². The fourth-order valence-corrected chi connectivity index (χ4v) is 1.43. The van der Waals surface area contributed by atoms with E-state index in [1.807, 2.05) is 0 Å². The molecule has 0 aromatic carbocycles. The predicted octanol–water partition coefficient (Wildman–Crippen LogP) is 1.77. The Balaban J connectivity index is 2.20. The summed E-state index contributed by atoms with van der Waals surface area (Å²) >= 11 is 0. The van der Waals surface area contributed by atoms with Crippen LogP contribution in [0.5, 0.6) is 0 Å². The van der Waals surface area contributed by atoms with E-state index in [1.165, 1.54) is 6.20 Å². The molecule has 0 bridgehead atoms. The fraction of sp³-hybridized carbons (Fsp3) is 0.182. The van der Waals surface area contributed by atoms with Crippen LogP contribution in [0.3, 0.4) is 0 Å². The Hall–Kier alpha value is -2.95. The van der Waals surface area contributed by atoms with Crippen molar-refractivity contribution in [3.63, 3.8) is 0 Å². The second-order valence-corrected chi connectivity index (χ2v) is 3.68. The monoisotopic (exact) mass is 259 g/mol. The lowest BCUT2D eigenvalue weighted by molar-refractivity contribution is -0.384. The van der Waals surface area contributed by atoms with Gasteiger partial charge in [-0.25, -0.2) is 9.97 Å². The summed E-state index contributed by atoms with van der Waals surface area (Å²) in [7, 11) is 0. The van der Waals surface area contributed by atoms with Gasteiger partial charge in [0.1, 0.15) is 11.8 Å². The first-order valence-electron chi connectivity index (χ1n) is 5.30. The highest BCUT2D eigenvalue weighted by Gasteiger charge is 2.16. The van der Waals surface area contributed by atoms with Gasteiger partial charge in [-0.2, -0.15) is 5.26 Å². The van der Waals surface area contributed by atoms with Crippen LogP contribution in [-0.2, 0) is 6.54 Å². The van der Waals surface area contributed by atoms with Crippen molar-refractivity contribution in [3.8, 4) is 6.07 Å². The van der Waals surface area contributed by atoms with Crippen molar-refractivity contribution < 1.29 is 9.34 Å². The van der Waals surface area contributed by atoms with E-state index < -0.39 is 4.92 Å². The Labute approximate surface area is 107 Å². The highest BCUT2D eigenvalue weighted by molar-refractivity contribution is 5.58. The van der Waals surface area contributed by atoms with Crippen molar-refractivity contribution in [2.75, 3.05) is 5.32 Å². The first-order valence-corrected chi connectivity index (χ1v) is 5.30. The Morgan fingerprint density at radius 3 is 2.89 bits per heavy atom. The smallest absolute Gasteiger partial charge is 0.312 e. The summed E-state index contributed by atoms with van der Waals surface area (Å²) in [5.74, 6) is 1.12. The molecule has 0 spiro atoms. The average Bonchev–Trinajstić information content (AvgIpc) is 2.82. The van der Waals surface area contributed by atoms with Gasteiger partial charge in [-0.15, -0.1) is 0 Å². The Morgan fingerprint density at radius 2 is 2.32 bits per heavy atom. The molecule has 19 heavy (non-hydrogen) atoms. The minimum atomic E-state index is -0.600. The lowest BCUT2D eigenvalue weighted by Gasteiger charge is -2.03. The molecular formula is C11H9N5O3. The molecule has 2 aromatic rings. The van der Waals surface area contributed by atoms with Gasteiger partial charge in [-0.1, -0.05) is 0 Å². The molecule has 0 aliphatic carbocycles. The third-order valence-corrected chi connectivity index (χ3v) is 2.27. The first-order chi connectivity index (χ1) is 9.10. The maximum Gasteiger partial charge on any atom is 0.312 e. The van der Waals surface area contributed by atoms with Crippen LogP contribution in [0.15, 0.2) is 22.9 Å². The molecule has 0 saturated carbocycles. The highest BCUT2D eigenvalue weighted by atomic mass is 16.6. The standard InChI is InChI=1S/C11H9N5O3/c1-7-4-13-10(19-7)6-15-11-9(16(17)18)2-8(3-12)5-14-11/h2,4-5H,6H2,1H3,(H,14,15). The van der Waals surface area contributed by atoms with Crippen molar-refractivity contribution in [1.29, 1.82) is 5.26 Å². The van der Waals surface area contributed by atoms with Gasteiger partial charge < -0.3 is 9.73 Å². The number of hydrogen-bond acceptors (Lipinski definition) is 7. The number of oxazole rings is 1. The maximum atomic E-state index is 10.9. The minimum Gasteiger partial charge on any atom is -0.444 e. The normalized spacial score (nSPS) is 9.89. The molecule has 0 aliphatic heterocycles. The zero-order valence-electron chi connectivity index (χ0n) is 9.95. The van der Waals surface area contributed by atoms with E-state index in [4.69, 9.17) is 9.68 Å². The molecule has 0 saturated heterocycles. The van der Waals surface area contributed by atoms with Gasteiger partial charge >= 0.3 is 5.69 Å². The van der Waals surface area contributed by atoms with Crippen LogP contribution in [0.4, 0.5) is 11.5 Å². The van der Waals surface area contributed by atoms with E-state index in [-0.39, 0.29) is 23.6 Å². The van der Waals surface area contributed by atoms with Crippen molar-refractivity contribution in [2.24, 2.45) is 0 Å². The molecule has 1 N–H and O–H groups in total. The Morgan fingerprint density at radius 1 is 1.53 bits per heavy atom. The van der Waals surface area contributed by atoms with Gasteiger partial charge in [0, 0.05) is 12.3 Å². The van der Waals surface area contributed by atoms with Crippen molar-refractivity contribution in [2.45, 2.75) is 13.5 Å². The molecule has 0 atom stereocenters. The number of nitro groups is 1. The molecule has 2 aromatic heterocycles. The molecule has 96 valence electrons. The quantitative estimate of drug-likeness (QED) is 0.656. The third kappa shape index (κ3) is 2.84. The van der Waals surface area contributed by atoms with Crippen LogP contribution in [0, 0.1) is 28.4 Å². The fourth-order valence-electron chi connectivity index (χ4n) is 1.43. The molecule has 2 heterocycles. The van der Waals surface area contributed by atoms with Crippen LogP contribution in [0.1, 0.15) is 17.2 Å². The predicted molar refractivity (Wildman–Crippen MR) is 64.2 cm³/mol. The molecule has 2 rings (SSSR count). The second-order valence-electron chi connectivity index (χ2n) is 3.68. The molecule has 0 fully saturated rings. The number of aryl methyl sites for hydroxylation is 1. The van der Waals surface area contributed by atoms with Crippen LogP contribution < -0.4 is 5.32 Å². The van der Waals surface area contributed by atoms with E-state index in [9.17, 15) is 10.1 Å². The number of hydrogen-bond donors (Lipinski definition) is 1. The van der Waals surface area contributed by atoms with Crippen molar-refractivity contribution in [3.05, 3.63) is 45.8 Å². The molecule has 8 nitrogen and oxygen atoms in total. The number of pyridine rings is 1. The van der Waals surface area contributed by atoms with Crippen molar-refractivity contribution >= 4 is 11.5 Å². The lowest BCUT2D eigenvalue weighted by Crippen LogP contribution is -2.05. The third-order valence-electron chi connectivity index (χ3n) is 2.27. The number of rotatable bonds is 4. The van der Waals surface area contributed by atoms with E-state index in [2.05, 4.69) is 15.3 Å². The summed E-state index contributed by atoms with van der Waals surface area (Å²) < 4.78 is 5.23. The SMILES string of the molecule is Cc1cnc(CNc2ncc(C#N)cc2[N+](=O)[O-])o1. The average molecular weight is 259 g/mol. The topological polar surface area (TPSA) is 118 Å². The van der Waals surface area contributed by atoms with Crippen LogP contribution >= 0.6 is 0 Å². The molecule has 0 aliphatic rings. The summed E-state index contributed by atoms with van der Waals surface area (Å²) in [6.07, 6.45) is 2.81. The summed E-state index contributed by atoms with van der Waals surface area (Å²) in [4.78, 5) is 18.1. The zero-order chi connectivity index (χ0) is 13.8. The van der Waals surface area contributed by atoms with Gasteiger partial charge in [0.05, 0.1) is 23.2 Å². The summed E-state index contributed by atoms with van der Waals surface area (Å²) in [5.41, 5.74) is -0.133. The number of anilines is 1. The van der Waals surface area contributed by atoms with Gasteiger partial charge in [-0.05, 0) is 6.92 Å². The number of nitriles is 1. The first kappa shape index (κ1) is 12.5. The van der Waals surface area contributed by atoms with Crippen molar-refractivity contribution in [1.82, 2.24) is 9.97 Å². The summed E-state index contributed by atoms with van der Waals surface area (Å²) in [6, 6.07) is 2.96. The van der Waals surface area contributed by atoms with E-state index in [1.54, 1.807) is 19.2 Å². The van der Waals surface area contributed by atoms with Gasteiger partial charge in [-0.3, -0.25) is 10.1 Å². The van der Waals surface area contributed by atoms with Crippen LogP contribution in [0.25, 0.3) is 0 Å².